The Morgan fingerprint density at radius 1 is 1.50 bits per heavy atom. The van der Waals surface area contributed by atoms with Crippen molar-refractivity contribution < 1.29 is 9.21 Å². The van der Waals surface area contributed by atoms with E-state index < -0.39 is 0 Å². The van der Waals surface area contributed by atoms with Gasteiger partial charge in [-0.25, -0.2) is 5.43 Å². The smallest absolute Gasteiger partial charge is 0.274 e. The standard InChI is InChI=1S/C14H16N2O2/c1-9-13(4-5-18-9)14(17)16-15-8-12-7-10-2-3-11(12)6-10/h2-5,8,10-12H,6-7H2,1H3,(H,16,17)/b15-8-/t10-,11+,12+/m1/s1. The summed E-state index contributed by atoms with van der Waals surface area (Å²) in [6, 6.07) is 1.65. The fourth-order valence-electron chi connectivity index (χ4n) is 2.87. The second kappa shape index (κ2) is 4.44. The Morgan fingerprint density at radius 2 is 2.39 bits per heavy atom. The van der Waals surface area contributed by atoms with Gasteiger partial charge >= 0.3 is 0 Å². The summed E-state index contributed by atoms with van der Waals surface area (Å²) in [6.07, 6.45) is 10.3. The fourth-order valence-corrected chi connectivity index (χ4v) is 2.87. The molecule has 1 aromatic rings. The number of aryl methyl sites for hydroxylation is 1. The van der Waals surface area contributed by atoms with E-state index in [0.29, 0.717) is 23.2 Å². The molecule has 2 aliphatic carbocycles. The largest absolute Gasteiger partial charge is 0.469 e. The number of rotatable bonds is 3. The topological polar surface area (TPSA) is 54.6 Å². The Hall–Kier alpha value is -1.84. The van der Waals surface area contributed by atoms with Crippen molar-refractivity contribution in [2.75, 3.05) is 0 Å². The van der Waals surface area contributed by atoms with Gasteiger partial charge in [-0.3, -0.25) is 4.79 Å². The summed E-state index contributed by atoms with van der Waals surface area (Å²) in [7, 11) is 0. The minimum Gasteiger partial charge on any atom is -0.469 e. The van der Waals surface area contributed by atoms with Crippen molar-refractivity contribution >= 4 is 12.1 Å². The van der Waals surface area contributed by atoms with Crippen LogP contribution in [-0.2, 0) is 0 Å². The van der Waals surface area contributed by atoms with Crippen molar-refractivity contribution in [3.63, 3.8) is 0 Å². The molecule has 0 radical (unpaired) electrons. The van der Waals surface area contributed by atoms with Gasteiger partial charge in [-0.2, -0.15) is 5.10 Å². The summed E-state index contributed by atoms with van der Waals surface area (Å²) in [5.41, 5.74) is 3.10. The number of fused-ring (bicyclic) bond motifs is 2. The Balaban J connectivity index is 1.57. The quantitative estimate of drug-likeness (QED) is 0.504. The maximum Gasteiger partial charge on any atom is 0.274 e. The summed E-state index contributed by atoms with van der Waals surface area (Å²) in [5.74, 6) is 2.22. The molecule has 2 bridgehead atoms. The molecule has 94 valence electrons. The summed E-state index contributed by atoms with van der Waals surface area (Å²) in [6.45, 7) is 1.76. The summed E-state index contributed by atoms with van der Waals surface area (Å²) in [5, 5.41) is 4.07. The lowest BCUT2D eigenvalue weighted by Gasteiger charge is -2.11. The van der Waals surface area contributed by atoms with Gasteiger partial charge in [-0.15, -0.1) is 0 Å². The molecule has 1 saturated carbocycles. The van der Waals surface area contributed by atoms with Crippen molar-refractivity contribution in [1.82, 2.24) is 5.43 Å². The fraction of sp³-hybridized carbons (Fsp3) is 0.429. The highest BCUT2D eigenvalue weighted by atomic mass is 16.3. The lowest BCUT2D eigenvalue weighted by Crippen LogP contribution is -2.19. The van der Waals surface area contributed by atoms with Gasteiger partial charge in [0.05, 0.1) is 11.8 Å². The summed E-state index contributed by atoms with van der Waals surface area (Å²) < 4.78 is 5.08. The van der Waals surface area contributed by atoms with Crippen LogP contribution in [0.25, 0.3) is 0 Å². The molecule has 4 heteroatoms. The van der Waals surface area contributed by atoms with Gasteiger partial charge < -0.3 is 4.42 Å². The molecule has 3 rings (SSSR count). The molecule has 0 spiro atoms. The van der Waals surface area contributed by atoms with E-state index >= 15 is 0 Å². The number of nitrogens with zero attached hydrogens (tertiary/aromatic N) is 1. The number of hydrogen-bond acceptors (Lipinski definition) is 3. The average molecular weight is 244 g/mol. The number of amides is 1. The van der Waals surface area contributed by atoms with E-state index in [9.17, 15) is 4.79 Å². The Bertz CT molecular complexity index is 516. The van der Waals surface area contributed by atoms with Crippen molar-refractivity contribution in [3.8, 4) is 0 Å². The monoisotopic (exact) mass is 244 g/mol. The molecule has 1 N–H and O–H groups in total. The minimum absolute atomic E-state index is 0.212. The number of hydrazone groups is 1. The first kappa shape index (κ1) is 11.3. The third-order valence-electron chi connectivity index (χ3n) is 3.87. The zero-order chi connectivity index (χ0) is 12.5. The minimum atomic E-state index is -0.212. The highest BCUT2D eigenvalue weighted by Crippen LogP contribution is 2.42. The molecule has 1 amide bonds. The van der Waals surface area contributed by atoms with Gasteiger partial charge in [0, 0.05) is 12.1 Å². The molecule has 1 heterocycles. The molecule has 0 aliphatic heterocycles. The first-order valence-electron chi connectivity index (χ1n) is 6.30. The number of carbonyl (C=O) groups excluding carboxylic acids is 1. The summed E-state index contributed by atoms with van der Waals surface area (Å²) >= 11 is 0. The van der Waals surface area contributed by atoms with E-state index in [1.165, 1.54) is 12.7 Å². The van der Waals surface area contributed by atoms with Gasteiger partial charge in [0.25, 0.3) is 5.91 Å². The van der Waals surface area contributed by atoms with Crippen LogP contribution in [0.5, 0.6) is 0 Å². The first-order valence-corrected chi connectivity index (χ1v) is 6.30. The Morgan fingerprint density at radius 3 is 3.00 bits per heavy atom. The molecule has 4 nitrogen and oxygen atoms in total. The number of nitrogens with one attached hydrogen (secondary N) is 1. The highest BCUT2D eigenvalue weighted by molar-refractivity contribution is 5.95. The van der Waals surface area contributed by atoms with Crippen molar-refractivity contribution in [2.24, 2.45) is 22.9 Å². The van der Waals surface area contributed by atoms with Crippen LogP contribution >= 0.6 is 0 Å². The van der Waals surface area contributed by atoms with Crippen LogP contribution in [0.1, 0.15) is 29.0 Å². The molecule has 0 unspecified atom stereocenters. The SMILES string of the molecule is Cc1occc1C(=O)N/N=C\[C@@H]1C[C@@H]2C=C[C@H]1C2. The Kier molecular flexibility index (Phi) is 2.78. The van der Waals surface area contributed by atoms with E-state index in [-0.39, 0.29) is 5.91 Å². The third-order valence-corrected chi connectivity index (χ3v) is 3.87. The number of carbonyl (C=O) groups is 1. The second-order valence-electron chi connectivity index (χ2n) is 5.05. The van der Waals surface area contributed by atoms with Gasteiger partial charge in [0.2, 0.25) is 0 Å². The number of hydrogen-bond donors (Lipinski definition) is 1. The van der Waals surface area contributed by atoms with Crippen LogP contribution in [-0.4, -0.2) is 12.1 Å². The number of furan rings is 1. The van der Waals surface area contributed by atoms with Crippen LogP contribution < -0.4 is 5.43 Å². The van der Waals surface area contributed by atoms with E-state index in [1.54, 1.807) is 13.0 Å². The molecular formula is C14H16N2O2. The molecule has 0 saturated heterocycles. The van der Waals surface area contributed by atoms with Gasteiger partial charge in [0.15, 0.2) is 0 Å². The second-order valence-corrected chi connectivity index (χ2v) is 5.05. The maximum absolute atomic E-state index is 11.8. The van der Waals surface area contributed by atoms with E-state index in [0.717, 1.165) is 12.3 Å². The van der Waals surface area contributed by atoms with Gasteiger partial charge in [-0.1, -0.05) is 12.2 Å². The van der Waals surface area contributed by atoms with Crippen LogP contribution in [0, 0.1) is 24.7 Å². The molecule has 1 fully saturated rings. The Labute approximate surface area is 106 Å². The number of allylic oxidation sites excluding steroid dienone is 2. The zero-order valence-electron chi connectivity index (χ0n) is 10.3. The molecule has 18 heavy (non-hydrogen) atoms. The van der Waals surface area contributed by atoms with E-state index in [2.05, 4.69) is 22.7 Å². The van der Waals surface area contributed by atoms with Crippen LogP contribution in [0.15, 0.2) is 34.0 Å². The predicted octanol–water partition coefficient (Wildman–Crippen LogP) is 2.52. The normalized spacial score (nSPS) is 29.3. The highest BCUT2D eigenvalue weighted by Gasteiger charge is 2.34. The van der Waals surface area contributed by atoms with Gasteiger partial charge in [-0.05, 0) is 37.7 Å². The van der Waals surface area contributed by atoms with E-state index in [4.69, 9.17) is 4.42 Å². The molecule has 3 atom stereocenters. The molecule has 2 aliphatic rings. The van der Waals surface area contributed by atoms with Crippen molar-refractivity contribution in [2.45, 2.75) is 19.8 Å². The van der Waals surface area contributed by atoms with Crippen LogP contribution in [0.3, 0.4) is 0 Å². The molecular weight excluding hydrogens is 228 g/mol. The third kappa shape index (κ3) is 1.98. The zero-order valence-corrected chi connectivity index (χ0v) is 10.3. The summed E-state index contributed by atoms with van der Waals surface area (Å²) in [4.78, 5) is 11.8. The first-order chi connectivity index (χ1) is 8.74. The van der Waals surface area contributed by atoms with E-state index in [1.807, 2.05) is 6.21 Å². The maximum atomic E-state index is 11.8. The average Bonchev–Trinajstić information content (AvgIpc) is 3.04. The van der Waals surface area contributed by atoms with Crippen molar-refractivity contribution in [3.05, 3.63) is 35.8 Å². The molecule has 1 aromatic heterocycles. The van der Waals surface area contributed by atoms with Crippen LogP contribution in [0.4, 0.5) is 0 Å². The van der Waals surface area contributed by atoms with Crippen molar-refractivity contribution in [1.29, 1.82) is 0 Å². The van der Waals surface area contributed by atoms with Crippen LogP contribution in [0.2, 0.25) is 0 Å². The lowest BCUT2D eigenvalue weighted by molar-refractivity contribution is 0.0953. The molecule has 0 aromatic carbocycles. The lowest BCUT2D eigenvalue weighted by atomic mass is 9.95. The predicted molar refractivity (Wildman–Crippen MR) is 68.2 cm³/mol. The van der Waals surface area contributed by atoms with Gasteiger partial charge in [0.1, 0.15) is 5.76 Å².